The van der Waals surface area contributed by atoms with Crippen molar-refractivity contribution in [3.8, 4) is 0 Å². The summed E-state index contributed by atoms with van der Waals surface area (Å²) < 4.78 is 0. The minimum Gasteiger partial charge on any atom is -0.356 e. The van der Waals surface area contributed by atoms with Gasteiger partial charge in [-0.3, -0.25) is 14.4 Å². The molecule has 0 aromatic heterocycles. The number of carbonyl (C=O) groups is 3. The Morgan fingerprint density at radius 2 is 1.65 bits per heavy atom. The molecule has 1 unspecified atom stereocenters. The van der Waals surface area contributed by atoms with E-state index in [4.69, 9.17) is 0 Å². The molecule has 0 spiro atoms. The summed E-state index contributed by atoms with van der Waals surface area (Å²) in [5, 5.41) is 2.93. The fourth-order valence-electron chi connectivity index (χ4n) is 4.50. The van der Waals surface area contributed by atoms with Crippen LogP contribution in [-0.4, -0.2) is 48.8 Å². The Morgan fingerprint density at radius 1 is 0.871 bits per heavy atom. The third-order valence-corrected chi connectivity index (χ3v) is 6.21. The lowest BCUT2D eigenvalue weighted by atomic mass is 9.97. The van der Waals surface area contributed by atoms with Crippen LogP contribution >= 0.6 is 0 Å². The van der Waals surface area contributed by atoms with Crippen molar-refractivity contribution < 1.29 is 14.4 Å². The smallest absolute Gasteiger partial charge is 0.253 e. The molecule has 2 aromatic rings. The highest BCUT2D eigenvalue weighted by Gasteiger charge is 2.30. The van der Waals surface area contributed by atoms with Crippen LogP contribution in [-0.2, 0) is 16.0 Å². The van der Waals surface area contributed by atoms with Gasteiger partial charge in [0.25, 0.3) is 5.91 Å². The molecule has 162 valence electrons. The quantitative estimate of drug-likeness (QED) is 0.814. The van der Waals surface area contributed by atoms with E-state index in [1.54, 1.807) is 17.0 Å². The summed E-state index contributed by atoms with van der Waals surface area (Å²) in [7, 11) is 0. The van der Waals surface area contributed by atoms with E-state index >= 15 is 0 Å². The van der Waals surface area contributed by atoms with Crippen LogP contribution in [0.1, 0.15) is 41.6 Å². The Labute approximate surface area is 183 Å². The van der Waals surface area contributed by atoms with Crippen LogP contribution in [0.3, 0.4) is 0 Å². The highest BCUT2D eigenvalue weighted by molar-refractivity contribution is 5.97. The first kappa shape index (κ1) is 21.1. The summed E-state index contributed by atoms with van der Waals surface area (Å²) in [4.78, 5) is 42.2. The average Bonchev–Trinajstić information content (AvgIpc) is 3.22. The Kier molecular flexibility index (Phi) is 6.65. The van der Waals surface area contributed by atoms with Gasteiger partial charge in [0.1, 0.15) is 0 Å². The second-order valence-electron chi connectivity index (χ2n) is 8.25. The van der Waals surface area contributed by atoms with Crippen molar-refractivity contribution >= 4 is 23.4 Å². The van der Waals surface area contributed by atoms with Gasteiger partial charge in [0.05, 0.1) is 0 Å². The molecule has 1 N–H and O–H groups in total. The average molecular weight is 420 g/mol. The van der Waals surface area contributed by atoms with Gasteiger partial charge in [0.2, 0.25) is 11.8 Å². The largest absolute Gasteiger partial charge is 0.356 e. The van der Waals surface area contributed by atoms with Crippen LogP contribution in [0, 0.1) is 5.92 Å². The van der Waals surface area contributed by atoms with Crippen LogP contribution in [0.25, 0.3) is 0 Å². The summed E-state index contributed by atoms with van der Waals surface area (Å²) in [6, 6.07) is 17.2. The predicted molar refractivity (Wildman–Crippen MR) is 120 cm³/mol. The number of benzene rings is 2. The van der Waals surface area contributed by atoms with Gasteiger partial charge >= 0.3 is 0 Å². The van der Waals surface area contributed by atoms with Crippen molar-refractivity contribution in [1.82, 2.24) is 10.2 Å². The summed E-state index contributed by atoms with van der Waals surface area (Å²) in [6.07, 6.45) is 3.21. The first-order valence-electron chi connectivity index (χ1n) is 11.1. The third-order valence-electron chi connectivity index (χ3n) is 6.21. The number of rotatable bonds is 2. The number of nitrogens with zero attached hydrogens (tertiary/aromatic N) is 2. The molecule has 2 aliphatic heterocycles. The van der Waals surface area contributed by atoms with Crippen molar-refractivity contribution in [2.24, 2.45) is 5.92 Å². The lowest BCUT2D eigenvalue weighted by molar-refractivity contribution is -0.124. The minimum atomic E-state index is -0.168. The van der Waals surface area contributed by atoms with Gasteiger partial charge in [-0.05, 0) is 49.4 Å². The summed E-state index contributed by atoms with van der Waals surface area (Å²) >= 11 is 0. The monoisotopic (exact) mass is 419 g/mol. The van der Waals surface area contributed by atoms with Gasteiger partial charge in [0.15, 0.2) is 0 Å². The molecule has 0 bridgehead atoms. The van der Waals surface area contributed by atoms with E-state index in [1.807, 2.05) is 41.3 Å². The number of anilines is 1. The van der Waals surface area contributed by atoms with E-state index in [9.17, 15) is 14.4 Å². The Morgan fingerprint density at radius 3 is 2.48 bits per heavy atom. The molecular formula is C25H29N3O3. The topological polar surface area (TPSA) is 69.7 Å². The molecule has 31 heavy (non-hydrogen) atoms. The second-order valence-corrected chi connectivity index (χ2v) is 8.25. The fraction of sp³-hybridized carbons (Fsp3) is 0.400. The molecule has 1 saturated heterocycles. The van der Waals surface area contributed by atoms with Gasteiger partial charge < -0.3 is 15.1 Å². The second kappa shape index (κ2) is 9.77. The molecule has 6 nitrogen and oxygen atoms in total. The van der Waals surface area contributed by atoms with E-state index in [1.165, 1.54) is 5.56 Å². The molecule has 3 amide bonds. The molecule has 1 fully saturated rings. The van der Waals surface area contributed by atoms with Crippen LogP contribution in [0.2, 0.25) is 0 Å². The zero-order chi connectivity index (χ0) is 21.6. The van der Waals surface area contributed by atoms with Crippen molar-refractivity contribution in [1.29, 1.82) is 0 Å². The number of carbonyl (C=O) groups excluding carboxylic acids is 3. The number of fused-ring (bicyclic) bond motifs is 1. The molecule has 0 radical (unpaired) electrons. The third kappa shape index (κ3) is 4.95. The Bertz CT molecular complexity index is 944. The van der Waals surface area contributed by atoms with Crippen molar-refractivity contribution in [3.05, 3.63) is 65.7 Å². The number of amides is 3. The number of para-hydroxylation sites is 1. The number of hydrogen-bond acceptors (Lipinski definition) is 3. The van der Waals surface area contributed by atoms with Gasteiger partial charge in [-0.2, -0.15) is 0 Å². The molecule has 1 atom stereocenters. The van der Waals surface area contributed by atoms with Crippen LogP contribution in [0.15, 0.2) is 54.6 Å². The van der Waals surface area contributed by atoms with Crippen molar-refractivity contribution in [2.45, 2.75) is 32.1 Å². The highest BCUT2D eigenvalue weighted by atomic mass is 16.2. The van der Waals surface area contributed by atoms with Gasteiger partial charge in [-0.25, -0.2) is 0 Å². The molecule has 2 aliphatic rings. The molecule has 0 saturated carbocycles. The maximum Gasteiger partial charge on any atom is 0.253 e. The molecule has 4 rings (SSSR count). The summed E-state index contributed by atoms with van der Waals surface area (Å²) in [6.45, 7) is 2.12. The molecule has 0 aliphatic carbocycles. The van der Waals surface area contributed by atoms with E-state index in [2.05, 4.69) is 11.4 Å². The van der Waals surface area contributed by atoms with Gasteiger partial charge in [0, 0.05) is 49.8 Å². The fourth-order valence-corrected chi connectivity index (χ4v) is 4.50. The van der Waals surface area contributed by atoms with E-state index in [0.29, 0.717) is 44.6 Å². The maximum atomic E-state index is 13.4. The lowest BCUT2D eigenvalue weighted by Crippen LogP contribution is -2.37. The molecule has 6 heteroatoms. The normalized spacial score (nSPS) is 19.9. The Balaban J connectivity index is 1.46. The van der Waals surface area contributed by atoms with Crippen LogP contribution in [0.5, 0.6) is 0 Å². The SMILES string of the molecule is O=C1CCN(C(=O)c2ccccc2)CCCC(C(=O)N2CCc3ccccc32)CCN1. The summed E-state index contributed by atoms with van der Waals surface area (Å²) in [5.41, 5.74) is 2.84. The van der Waals surface area contributed by atoms with Crippen LogP contribution in [0.4, 0.5) is 5.69 Å². The first-order valence-corrected chi connectivity index (χ1v) is 11.1. The zero-order valence-electron chi connectivity index (χ0n) is 17.8. The number of nitrogens with one attached hydrogen (secondary N) is 1. The lowest BCUT2D eigenvalue weighted by Gasteiger charge is -2.25. The van der Waals surface area contributed by atoms with Gasteiger partial charge in [-0.1, -0.05) is 36.4 Å². The van der Waals surface area contributed by atoms with Crippen LogP contribution < -0.4 is 10.2 Å². The molecule has 2 heterocycles. The molecular weight excluding hydrogens is 390 g/mol. The standard InChI is InChI=1S/C25H29N3O3/c29-23-14-17-27(24(30)20-8-2-1-3-9-20)16-6-10-21(12-15-26-23)25(31)28-18-13-19-7-4-5-11-22(19)28/h1-5,7-9,11,21H,6,10,12-18H2,(H,26,29). The van der Waals surface area contributed by atoms with Gasteiger partial charge in [-0.15, -0.1) is 0 Å². The Hall–Kier alpha value is -3.15. The summed E-state index contributed by atoms with van der Waals surface area (Å²) in [5.74, 6) is -0.188. The minimum absolute atomic E-state index is 0.0657. The number of hydrogen-bond donors (Lipinski definition) is 1. The maximum absolute atomic E-state index is 13.4. The van der Waals surface area contributed by atoms with E-state index in [-0.39, 0.29) is 30.1 Å². The highest BCUT2D eigenvalue weighted by Crippen LogP contribution is 2.30. The first-order chi connectivity index (χ1) is 15.1. The van der Waals surface area contributed by atoms with E-state index in [0.717, 1.165) is 18.5 Å². The van der Waals surface area contributed by atoms with Crippen molar-refractivity contribution in [2.75, 3.05) is 31.1 Å². The zero-order valence-corrected chi connectivity index (χ0v) is 17.8. The predicted octanol–water partition coefficient (Wildman–Crippen LogP) is 3.02. The molecule has 2 aromatic carbocycles. The van der Waals surface area contributed by atoms with Crippen molar-refractivity contribution in [3.63, 3.8) is 0 Å². The van der Waals surface area contributed by atoms with E-state index < -0.39 is 0 Å².